The average Bonchev–Trinajstić information content (AvgIpc) is 3.55. The van der Waals surface area contributed by atoms with Gasteiger partial charge in [-0.1, -0.05) is 55.0 Å². The molecule has 1 aliphatic heterocycles. The number of carbonyl (C=O) groups excluding carboxylic acids is 2. The van der Waals surface area contributed by atoms with Crippen LogP contribution in [0.1, 0.15) is 49.1 Å². The van der Waals surface area contributed by atoms with Crippen LogP contribution in [0.5, 0.6) is 0 Å². The van der Waals surface area contributed by atoms with Gasteiger partial charge in [-0.3, -0.25) is 9.59 Å². The van der Waals surface area contributed by atoms with Crippen molar-refractivity contribution in [2.24, 2.45) is 11.8 Å². The summed E-state index contributed by atoms with van der Waals surface area (Å²) in [7, 11) is 0. The van der Waals surface area contributed by atoms with E-state index in [-0.39, 0.29) is 42.7 Å². The molecule has 2 aromatic carbocycles. The van der Waals surface area contributed by atoms with Crippen molar-refractivity contribution in [1.29, 1.82) is 0 Å². The predicted octanol–water partition coefficient (Wildman–Crippen LogP) is 4.02. The summed E-state index contributed by atoms with van der Waals surface area (Å²) < 4.78 is 5.68. The lowest BCUT2D eigenvalue weighted by Gasteiger charge is -2.25. The molecule has 0 radical (unpaired) electrons. The summed E-state index contributed by atoms with van der Waals surface area (Å²) in [5.41, 5.74) is 4.69. The Morgan fingerprint density at radius 3 is 2.32 bits per heavy atom. The van der Waals surface area contributed by atoms with Crippen molar-refractivity contribution in [2.75, 3.05) is 19.7 Å². The van der Waals surface area contributed by atoms with E-state index in [4.69, 9.17) is 9.84 Å². The molecule has 2 aliphatic carbocycles. The lowest BCUT2D eigenvalue weighted by molar-refractivity contribution is -0.139. The van der Waals surface area contributed by atoms with E-state index in [1.54, 1.807) is 4.90 Å². The standard InChI is InChI=1S/C27H30N2O5/c30-25(31)14-17-12-13-29(15-17)26(32)22-10-5-11-24(22)28-27(33)34-16-23-20-8-3-1-6-18(20)19-7-2-4-9-21(19)23/h1-4,6-9,17,22-24H,5,10-16H2,(H,28,33)(H,30,31). The third-order valence-electron chi connectivity index (χ3n) is 7.54. The number of fused-ring (bicyclic) bond motifs is 3. The second-order valence-electron chi connectivity index (χ2n) is 9.65. The molecule has 3 atom stereocenters. The van der Waals surface area contributed by atoms with Gasteiger partial charge in [0.15, 0.2) is 0 Å². The Labute approximate surface area is 199 Å². The third kappa shape index (κ3) is 4.39. The van der Waals surface area contributed by atoms with Crippen LogP contribution in [0.15, 0.2) is 48.5 Å². The topological polar surface area (TPSA) is 95.9 Å². The van der Waals surface area contributed by atoms with Crippen LogP contribution in [0.2, 0.25) is 0 Å². The maximum Gasteiger partial charge on any atom is 0.407 e. The Morgan fingerprint density at radius 2 is 1.65 bits per heavy atom. The van der Waals surface area contributed by atoms with Crippen LogP contribution < -0.4 is 5.32 Å². The summed E-state index contributed by atoms with van der Waals surface area (Å²) in [6.45, 7) is 1.32. The zero-order chi connectivity index (χ0) is 23.7. The van der Waals surface area contributed by atoms with Crippen LogP contribution in [0, 0.1) is 11.8 Å². The van der Waals surface area contributed by atoms with Crippen LogP contribution >= 0.6 is 0 Å². The number of benzene rings is 2. The maximum absolute atomic E-state index is 13.1. The Balaban J connectivity index is 1.18. The molecule has 34 heavy (non-hydrogen) atoms. The molecule has 0 spiro atoms. The smallest absolute Gasteiger partial charge is 0.407 e. The third-order valence-corrected chi connectivity index (χ3v) is 7.54. The van der Waals surface area contributed by atoms with Gasteiger partial charge < -0.3 is 20.1 Å². The van der Waals surface area contributed by atoms with E-state index >= 15 is 0 Å². The first-order valence-corrected chi connectivity index (χ1v) is 12.1. The number of alkyl carbamates (subject to hydrolysis) is 1. The van der Waals surface area contributed by atoms with Crippen LogP contribution in [-0.4, -0.2) is 53.7 Å². The molecule has 2 fully saturated rings. The second kappa shape index (κ2) is 9.49. The SMILES string of the molecule is O=C(O)CC1CCN(C(=O)C2CCCC2NC(=O)OCC2c3ccccc3-c3ccccc32)C1. The Bertz CT molecular complexity index is 1050. The zero-order valence-corrected chi connectivity index (χ0v) is 19.1. The first kappa shape index (κ1) is 22.4. The predicted molar refractivity (Wildman–Crippen MR) is 126 cm³/mol. The fraction of sp³-hybridized carbons (Fsp3) is 0.444. The number of ether oxygens (including phenoxy) is 1. The molecule has 0 aromatic heterocycles. The molecule has 0 bridgehead atoms. The van der Waals surface area contributed by atoms with E-state index in [9.17, 15) is 14.4 Å². The van der Waals surface area contributed by atoms with Gasteiger partial charge in [0.2, 0.25) is 5.91 Å². The summed E-state index contributed by atoms with van der Waals surface area (Å²) in [6, 6.07) is 16.2. The molecule has 3 unspecified atom stereocenters. The number of hydrogen-bond acceptors (Lipinski definition) is 4. The van der Waals surface area contributed by atoms with E-state index < -0.39 is 12.1 Å². The molecular weight excluding hydrogens is 432 g/mol. The van der Waals surface area contributed by atoms with E-state index in [1.165, 1.54) is 11.1 Å². The average molecular weight is 463 g/mol. The van der Waals surface area contributed by atoms with E-state index in [2.05, 4.69) is 29.6 Å². The molecule has 1 saturated carbocycles. The summed E-state index contributed by atoms with van der Waals surface area (Å²) in [5.74, 6) is -1.07. The van der Waals surface area contributed by atoms with Gasteiger partial charge in [-0.05, 0) is 47.4 Å². The highest BCUT2D eigenvalue weighted by molar-refractivity contribution is 5.82. The van der Waals surface area contributed by atoms with Crippen molar-refractivity contribution < 1.29 is 24.2 Å². The van der Waals surface area contributed by atoms with Gasteiger partial charge in [0.05, 0.1) is 5.92 Å². The minimum Gasteiger partial charge on any atom is -0.481 e. The van der Waals surface area contributed by atoms with Gasteiger partial charge in [-0.2, -0.15) is 0 Å². The van der Waals surface area contributed by atoms with Crippen LogP contribution in [0.3, 0.4) is 0 Å². The number of amides is 2. The van der Waals surface area contributed by atoms with Crippen molar-refractivity contribution in [1.82, 2.24) is 10.2 Å². The number of likely N-dealkylation sites (tertiary alicyclic amines) is 1. The highest BCUT2D eigenvalue weighted by Gasteiger charge is 2.39. The largest absolute Gasteiger partial charge is 0.481 e. The van der Waals surface area contributed by atoms with E-state index in [1.807, 2.05) is 24.3 Å². The first-order chi connectivity index (χ1) is 16.5. The first-order valence-electron chi connectivity index (χ1n) is 12.1. The number of nitrogens with one attached hydrogen (secondary N) is 1. The minimum absolute atomic E-state index is 0.00470. The normalized spacial score (nSPS) is 23.4. The zero-order valence-electron chi connectivity index (χ0n) is 19.1. The lowest BCUT2D eigenvalue weighted by Crippen LogP contribution is -2.45. The Morgan fingerprint density at radius 1 is 0.971 bits per heavy atom. The van der Waals surface area contributed by atoms with Crippen molar-refractivity contribution in [3.05, 3.63) is 59.7 Å². The molecule has 5 rings (SSSR count). The fourth-order valence-corrected chi connectivity index (χ4v) is 5.90. The van der Waals surface area contributed by atoms with E-state index in [0.717, 1.165) is 36.8 Å². The van der Waals surface area contributed by atoms with Crippen molar-refractivity contribution in [2.45, 2.75) is 44.1 Å². The number of carboxylic acid groups (broad SMARTS) is 1. The van der Waals surface area contributed by atoms with Gasteiger partial charge in [-0.25, -0.2) is 4.79 Å². The molecular formula is C27H30N2O5. The summed E-state index contributed by atoms with van der Waals surface area (Å²) in [5, 5.41) is 12.0. The maximum atomic E-state index is 13.1. The van der Waals surface area contributed by atoms with Gasteiger partial charge in [0.1, 0.15) is 6.61 Å². The molecule has 2 amide bonds. The molecule has 1 saturated heterocycles. The van der Waals surface area contributed by atoms with Crippen molar-refractivity contribution >= 4 is 18.0 Å². The number of nitrogens with zero attached hydrogens (tertiary/aromatic N) is 1. The Hall–Kier alpha value is -3.35. The monoisotopic (exact) mass is 462 g/mol. The van der Waals surface area contributed by atoms with Gasteiger partial charge >= 0.3 is 12.1 Å². The number of rotatable bonds is 6. The van der Waals surface area contributed by atoms with Gasteiger partial charge in [0, 0.05) is 31.5 Å². The quantitative estimate of drug-likeness (QED) is 0.676. The molecule has 2 aromatic rings. The number of hydrogen-bond donors (Lipinski definition) is 2. The highest BCUT2D eigenvalue weighted by atomic mass is 16.5. The summed E-state index contributed by atoms with van der Waals surface area (Å²) in [4.78, 5) is 38.6. The van der Waals surface area contributed by atoms with Crippen LogP contribution in [-0.2, 0) is 14.3 Å². The van der Waals surface area contributed by atoms with Crippen molar-refractivity contribution in [3.8, 4) is 11.1 Å². The lowest BCUT2D eigenvalue weighted by atomic mass is 9.98. The van der Waals surface area contributed by atoms with Crippen LogP contribution in [0.4, 0.5) is 4.79 Å². The van der Waals surface area contributed by atoms with E-state index in [0.29, 0.717) is 13.1 Å². The van der Waals surface area contributed by atoms with Crippen molar-refractivity contribution in [3.63, 3.8) is 0 Å². The number of carboxylic acids is 1. The minimum atomic E-state index is -0.824. The summed E-state index contributed by atoms with van der Waals surface area (Å²) >= 11 is 0. The highest BCUT2D eigenvalue weighted by Crippen LogP contribution is 2.44. The molecule has 7 nitrogen and oxygen atoms in total. The second-order valence-corrected chi connectivity index (χ2v) is 9.65. The molecule has 178 valence electrons. The Kier molecular flexibility index (Phi) is 6.26. The molecule has 1 heterocycles. The number of carbonyl (C=O) groups is 3. The van der Waals surface area contributed by atoms with Gasteiger partial charge in [-0.15, -0.1) is 0 Å². The number of aliphatic carboxylic acids is 1. The van der Waals surface area contributed by atoms with Crippen LogP contribution in [0.25, 0.3) is 11.1 Å². The van der Waals surface area contributed by atoms with Gasteiger partial charge in [0.25, 0.3) is 0 Å². The summed E-state index contributed by atoms with van der Waals surface area (Å²) in [6.07, 6.45) is 2.67. The fourth-order valence-electron chi connectivity index (χ4n) is 5.90. The molecule has 2 N–H and O–H groups in total. The molecule has 7 heteroatoms. The molecule has 3 aliphatic rings.